The monoisotopic (exact) mass is 236 g/mol. The van der Waals surface area contributed by atoms with Crippen molar-refractivity contribution in [3.05, 3.63) is 11.6 Å². The minimum Gasteiger partial charge on any atom is -0.385 e. The third-order valence-electron chi connectivity index (χ3n) is 4.03. The van der Waals surface area contributed by atoms with Gasteiger partial charge in [-0.05, 0) is 38.8 Å². The van der Waals surface area contributed by atoms with E-state index in [0.29, 0.717) is 6.04 Å². The van der Waals surface area contributed by atoms with Crippen LogP contribution in [0.3, 0.4) is 0 Å². The van der Waals surface area contributed by atoms with Crippen LogP contribution in [0, 0.1) is 0 Å². The molecule has 2 atom stereocenters. The fourth-order valence-corrected chi connectivity index (χ4v) is 3.12. The standard InChI is InChI=1S/C12H20N4O/c1-2-15-7-3-5-9(15)11-13-14-12-10(17)6-4-8-16(11)12/h9-10,17H,2-8H2,1H3. The Hall–Kier alpha value is -0.940. The van der Waals surface area contributed by atoms with E-state index in [1.54, 1.807) is 0 Å². The van der Waals surface area contributed by atoms with E-state index >= 15 is 0 Å². The highest BCUT2D eigenvalue weighted by molar-refractivity contribution is 5.07. The van der Waals surface area contributed by atoms with Gasteiger partial charge < -0.3 is 9.67 Å². The summed E-state index contributed by atoms with van der Waals surface area (Å²) in [7, 11) is 0. The maximum Gasteiger partial charge on any atom is 0.162 e. The lowest BCUT2D eigenvalue weighted by atomic mass is 10.1. The normalized spacial score (nSPS) is 29.5. The van der Waals surface area contributed by atoms with E-state index < -0.39 is 6.10 Å². The van der Waals surface area contributed by atoms with Gasteiger partial charge in [-0.2, -0.15) is 0 Å². The number of rotatable bonds is 2. The summed E-state index contributed by atoms with van der Waals surface area (Å²) >= 11 is 0. The minimum absolute atomic E-state index is 0.409. The molecule has 5 nitrogen and oxygen atoms in total. The van der Waals surface area contributed by atoms with Gasteiger partial charge in [0.05, 0.1) is 6.04 Å². The number of aromatic nitrogens is 3. The molecule has 3 heterocycles. The molecule has 2 aliphatic heterocycles. The van der Waals surface area contributed by atoms with Crippen LogP contribution in [0.1, 0.15) is 56.4 Å². The zero-order valence-electron chi connectivity index (χ0n) is 10.3. The molecule has 1 saturated heterocycles. The number of hydrogen-bond acceptors (Lipinski definition) is 4. The number of hydrogen-bond donors (Lipinski definition) is 1. The van der Waals surface area contributed by atoms with Gasteiger partial charge in [0, 0.05) is 6.54 Å². The lowest BCUT2D eigenvalue weighted by Gasteiger charge is -2.25. The molecular formula is C12H20N4O. The molecule has 5 heteroatoms. The summed E-state index contributed by atoms with van der Waals surface area (Å²) in [5.74, 6) is 1.84. The molecule has 0 amide bonds. The van der Waals surface area contributed by atoms with Gasteiger partial charge in [0.15, 0.2) is 5.82 Å². The summed E-state index contributed by atoms with van der Waals surface area (Å²) in [6.07, 6.45) is 3.84. The van der Waals surface area contributed by atoms with Crippen molar-refractivity contribution in [3.63, 3.8) is 0 Å². The van der Waals surface area contributed by atoms with Crippen molar-refractivity contribution < 1.29 is 5.11 Å². The maximum atomic E-state index is 9.90. The Morgan fingerprint density at radius 1 is 1.18 bits per heavy atom. The summed E-state index contributed by atoms with van der Waals surface area (Å²) in [6, 6.07) is 0.409. The van der Waals surface area contributed by atoms with Gasteiger partial charge in [0.25, 0.3) is 0 Å². The largest absolute Gasteiger partial charge is 0.385 e. The first-order valence-corrected chi connectivity index (χ1v) is 6.66. The van der Waals surface area contributed by atoms with Crippen LogP contribution in [0.4, 0.5) is 0 Å². The van der Waals surface area contributed by atoms with E-state index in [0.717, 1.165) is 44.1 Å². The molecule has 1 aromatic rings. The molecule has 0 bridgehead atoms. The molecule has 1 N–H and O–H groups in total. The van der Waals surface area contributed by atoms with E-state index in [1.165, 1.54) is 12.8 Å². The van der Waals surface area contributed by atoms with Crippen molar-refractivity contribution in [2.75, 3.05) is 13.1 Å². The second kappa shape index (κ2) is 4.38. The first kappa shape index (κ1) is 11.2. The predicted molar refractivity (Wildman–Crippen MR) is 63.4 cm³/mol. The Labute approximate surface area is 101 Å². The molecule has 1 fully saturated rings. The van der Waals surface area contributed by atoms with Crippen molar-refractivity contribution in [2.24, 2.45) is 0 Å². The maximum absolute atomic E-state index is 9.90. The van der Waals surface area contributed by atoms with Crippen molar-refractivity contribution in [1.29, 1.82) is 0 Å². The topological polar surface area (TPSA) is 54.2 Å². The average Bonchev–Trinajstić information content (AvgIpc) is 2.94. The van der Waals surface area contributed by atoms with Crippen LogP contribution in [0.15, 0.2) is 0 Å². The highest BCUT2D eigenvalue weighted by Gasteiger charge is 2.32. The predicted octanol–water partition coefficient (Wildman–Crippen LogP) is 1.26. The Kier molecular flexibility index (Phi) is 2.88. The van der Waals surface area contributed by atoms with Crippen LogP contribution in [-0.2, 0) is 6.54 Å². The van der Waals surface area contributed by atoms with Gasteiger partial charge in [-0.25, -0.2) is 0 Å². The molecule has 94 valence electrons. The lowest BCUT2D eigenvalue weighted by molar-refractivity contribution is 0.131. The molecule has 0 spiro atoms. The molecule has 17 heavy (non-hydrogen) atoms. The second-order valence-electron chi connectivity index (χ2n) is 5.01. The number of aliphatic hydroxyl groups is 1. The zero-order chi connectivity index (χ0) is 11.8. The van der Waals surface area contributed by atoms with E-state index in [9.17, 15) is 5.11 Å². The van der Waals surface area contributed by atoms with Crippen LogP contribution in [0.2, 0.25) is 0 Å². The molecule has 0 saturated carbocycles. The Balaban J connectivity index is 1.93. The summed E-state index contributed by atoms with van der Waals surface area (Å²) in [6.45, 7) is 5.38. The minimum atomic E-state index is -0.415. The molecule has 0 aromatic carbocycles. The first-order valence-electron chi connectivity index (χ1n) is 6.66. The fourth-order valence-electron chi connectivity index (χ4n) is 3.12. The molecule has 1 aromatic heterocycles. The Morgan fingerprint density at radius 2 is 1.94 bits per heavy atom. The van der Waals surface area contributed by atoms with E-state index in [2.05, 4.69) is 26.6 Å². The summed E-state index contributed by atoms with van der Waals surface area (Å²) < 4.78 is 2.15. The molecule has 2 unspecified atom stereocenters. The summed E-state index contributed by atoms with van der Waals surface area (Å²) in [5, 5.41) is 18.4. The van der Waals surface area contributed by atoms with Crippen molar-refractivity contribution in [1.82, 2.24) is 19.7 Å². The second-order valence-corrected chi connectivity index (χ2v) is 5.01. The molecule has 2 aliphatic rings. The quantitative estimate of drug-likeness (QED) is 0.840. The van der Waals surface area contributed by atoms with Gasteiger partial charge in [0.1, 0.15) is 11.9 Å². The Bertz CT molecular complexity index is 403. The Morgan fingerprint density at radius 3 is 2.76 bits per heavy atom. The molecule has 0 radical (unpaired) electrons. The molecule has 3 rings (SSSR count). The highest BCUT2D eigenvalue weighted by Crippen LogP contribution is 2.33. The van der Waals surface area contributed by atoms with Crippen molar-refractivity contribution in [3.8, 4) is 0 Å². The van der Waals surface area contributed by atoms with E-state index in [4.69, 9.17) is 0 Å². The van der Waals surface area contributed by atoms with Gasteiger partial charge in [-0.15, -0.1) is 10.2 Å². The van der Waals surface area contributed by atoms with E-state index in [1.807, 2.05) is 0 Å². The van der Waals surface area contributed by atoms with Crippen molar-refractivity contribution >= 4 is 0 Å². The smallest absolute Gasteiger partial charge is 0.162 e. The average molecular weight is 236 g/mol. The number of fused-ring (bicyclic) bond motifs is 1. The summed E-state index contributed by atoms with van der Waals surface area (Å²) in [4.78, 5) is 2.46. The lowest BCUT2D eigenvalue weighted by Crippen LogP contribution is -2.27. The number of nitrogens with zero attached hydrogens (tertiary/aromatic N) is 4. The zero-order valence-corrected chi connectivity index (χ0v) is 10.3. The summed E-state index contributed by atoms with van der Waals surface area (Å²) in [5.41, 5.74) is 0. The van der Waals surface area contributed by atoms with Crippen LogP contribution in [0.25, 0.3) is 0 Å². The highest BCUT2D eigenvalue weighted by atomic mass is 16.3. The third kappa shape index (κ3) is 1.77. The van der Waals surface area contributed by atoms with E-state index in [-0.39, 0.29) is 0 Å². The fraction of sp³-hybridized carbons (Fsp3) is 0.833. The van der Waals surface area contributed by atoms with Crippen LogP contribution in [-0.4, -0.2) is 37.9 Å². The molecular weight excluding hydrogens is 216 g/mol. The van der Waals surface area contributed by atoms with Gasteiger partial charge in [-0.3, -0.25) is 4.90 Å². The van der Waals surface area contributed by atoms with Gasteiger partial charge in [-0.1, -0.05) is 6.92 Å². The third-order valence-corrected chi connectivity index (χ3v) is 4.03. The SMILES string of the molecule is CCN1CCCC1c1nnc2n1CCCC2O. The van der Waals surface area contributed by atoms with Gasteiger partial charge >= 0.3 is 0 Å². The number of aliphatic hydroxyl groups excluding tert-OH is 1. The van der Waals surface area contributed by atoms with Crippen molar-refractivity contribution in [2.45, 2.75) is 51.3 Å². The van der Waals surface area contributed by atoms with Crippen LogP contribution < -0.4 is 0 Å². The van der Waals surface area contributed by atoms with Gasteiger partial charge in [0.2, 0.25) is 0 Å². The number of likely N-dealkylation sites (tertiary alicyclic amines) is 1. The molecule has 0 aliphatic carbocycles. The van der Waals surface area contributed by atoms with Crippen LogP contribution in [0.5, 0.6) is 0 Å². The van der Waals surface area contributed by atoms with Crippen LogP contribution >= 0.6 is 0 Å². The first-order chi connectivity index (χ1) is 8.31.